The summed E-state index contributed by atoms with van der Waals surface area (Å²) in [5.41, 5.74) is 0.995. The van der Waals surface area contributed by atoms with Gasteiger partial charge in [-0.15, -0.1) is 13.2 Å². The molecule has 0 fully saturated rings. The summed E-state index contributed by atoms with van der Waals surface area (Å²) >= 11 is 3.11. The van der Waals surface area contributed by atoms with Gasteiger partial charge in [-0.3, -0.25) is 9.59 Å². The molecule has 0 radical (unpaired) electrons. The number of para-hydroxylation sites is 2. The zero-order valence-corrected chi connectivity index (χ0v) is 16.7. The van der Waals surface area contributed by atoms with Gasteiger partial charge in [0.15, 0.2) is 16.2 Å². The van der Waals surface area contributed by atoms with Crippen molar-refractivity contribution in [3.8, 4) is 5.75 Å². The number of nitrogens with one attached hydrogen (secondary N) is 2. The number of alkyl halides is 3. The van der Waals surface area contributed by atoms with E-state index in [0.29, 0.717) is 15.9 Å². The predicted molar refractivity (Wildman–Crippen MR) is 106 cm³/mol. The van der Waals surface area contributed by atoms with Crippen LogP contribution in [0.15, 0.2) is 69.8 Å². The summed E-state index contributed by atoms with van der Waals surface area (Å²) in [6, 6.07) is 14.8. The molecule has 0 saturated carbocycles. The second kappa shape index (κ2) is 9.04. The van der Waals surface area contributed by atoms with Gasteiger partial charge in [-0.1, -0.05) is 24.3 Å². The molecule has 0 atom stereocenters. The SMILES string of the molecule is O=C(Cc1ccc(NC(=O)c2ccc(Br)o2)cc1)Nc1ccccc1OC(F)(F)F. The number of carbonyl (C=O) groups excluding carboxylic acids is 2. The van der Waals surface area contributed by atoms with Crippen LogP contribution >= 0.6 is 15.9 Å². The topological polar surface area (TPSA) is 80.6 Å². The molecule has 2 N–H and O–H groups in total. The van der Waals surface area contributed by atoms with Gasteiger partial charge in [0.1, 0.15) is 0 Å². The van der Waals surface area contributed by atoms with E-state index >= 15 is 0 Å². The van der Waals surface area contributed by atoms with Crippen LogP contribution in [0.3, 0.4) is 0 Å². The van der Waals surface area contributed by atoms with E-state index in [0.717, 1.165) is 6.07 Å². The van der Waals surface area contributed by atoms with E-state index < -0.39 is 23.9 Å². The number of hydrogen-bond donors (Lipinski definition) is 2. The second-order valence-corrected chi connectivity index (χ2v) is 6.81. The third-order valence-corrected chi connectivity index (χ3v) is 4.19. The number of hydrogen-bond acceptors (Lipinski definition) is 4. The molecule has 6 nitrogen and oxygen atoms in total. The van der Waals surface area contributed by atoms with Crippen molar-refractivity contribution in [3.63, 3.8) is 0 Å². The summed E-state index contributed by atoms with van der Waals surface area (Å²) in [5, 5.41) is 5.05. The molecule has 0 bridgehead atoms. The molecule has 0 aliphatic carbocycles. The summed E-state index contributed by atoms with van der Waals surface area (Å²) in [6.07, 6.45) is -4.95. The Morgan fingerprint density at radius 3 is 2.30 bits per heavy atom. The monoisotopic (exact) mass is 482 g/mol. The molecule has 2 aromatic carbocycles. The van der Waals surface area contributed by atoms with E-state index in [1.54, 1.807) is 30.3 Å². The van der Waals surface area contributed by atoms with Gasteiger partial charge in [-0.05, 0) is 57.9 Å². The van der Waals surface area contributed by atoms with Gasteiger partial charge in [0, 0.05) is 5.69 Å². The minimum atomic E-state index is -4.87. The average Bonchev–Trinajstić information content (AvgIpc) is 3.10. The molecule has 3 rings (SSSR count). The minimum Gasteiger partial charge on any atom is -0.444 e. The highest BCUT2D eigenvalue weighted by molar-refractivity contribution is 9.10. The highest BCUT2D eigenvalue weighted by Gasteiger charge is 2.32. The van der Waals surface area contributed by atoms with Crippen LogP contribution in [0.5, 0.6) is 5.75 Å². The van der Waals surface area contributed by atoms with Crippen LogP contribution in [0.25, 0.3) is 0 Å². The Bertz CT molecular complexity index is 1050. The summed E-state index contributed by atoms with van der Waals surface area (Å²) in [5.74, 6) is -1.33. The summed E-state index contributed by atoms with van der Waals surface area (Å²) in [6.45, 7) is 0. The van der Waals surface area contributed by atoms with Crippen LogP contribution in [0.1, 0.15) is 16.1 Å². The Labute approximate surface area is 177 Å². The standard InChI is InChI=1S/C20H14BrF3N2O4/c21-17-10-9-16(29-17)19(28)25-13-7-5-12(6-8-13)11-18(27)26-14-3-1-2-4-15(14)30-20(22,23)24/h1-10H,11H2,(H,25,28)(H,26,27). The molecule has 1 aromatic heterocycles. The van der Waals surface area contributed by atoms with E-state index in [4.69, 9.17) is 4.42 Å². The fourth-order valence-corrected chi connectivity index (χ4v) is 2.80. The Kier molecular flexibility index (Phi) is 6.46. The Morgan fingerprint density at radius 2 is 1.67 bits per heavy atom. The molecule has 30 heavy (non-hydrogen) atoms. The fourth-order valence-electron chi connectivity index (χ4n) is 2.50. The Hall–Kier alpha value is -3.27. The number of carbonyl (C=O) groups is 2. The van der Waals surface area contributed by atoms with Crippen molar-refractivity contribution in [2.45, 2.75) is 12.8 Å². The number of benzene rings is 2. The molecule has 0 unspecified atom stereocenters. The van der Waals surface area contributed by atoms with Crippen molar-refractivity contribution < 1.29 is 31.9 Å². The van der Waals surface area contributed by atoms with Crippen LogP contribution in [0.4, 0.5) is 24.5 Å². The third-order valence-electron chi connectivity index (χ3n) is 3.76. The van der Waals surface area contributed by atoms with Crippen LogP contribution in [-0.4, -0.2) is 18.2 Å². The maximum absolute atomic E-state index is 12.5. The summed E-state index contributed by atoms with van der Waals surface area (Å²) in [7, 11) is 0. The summed E-state index contributed by atoms with van der Waals surface area (Å²) in [4.78, 5) is 24.3. The maximum atomic E-state index is 12.5. The highest BCUT2D eigenvalue weighted by atomic mass is 79.9. The first kappa shape index (κ1) is 21.4. The van der Waals surface area contributed by atoms with Crippen molar-refractivity contribution in [2.24, 2.45) is 0 Å². The normalized spacial score (nSPS) is 11.1. The number of amides is 2. The van der Waals surface area contributed by atoms with E-state index in [-0.39, 0.29) is 17.9 Å². The molecule has 2 amide bonds. The van der Waals surface area contributed by atoms with Crippen LogP contribution < -0.4 is 15.4 Å². The number of ether oxygens (including phenoxy) is 1. The predicted octanol–water partition coefficient (Wildman–Crippen LogP) is 5.37. The van der Waals surface area contributed by atoms with E-state index in [9.17, 15) is 22.8 Å². The lowest BCUT2D eigenvalue weighted by atomic mass is 10.1. The largest absolute Gasteiger partial charge is 0.573 e. The molecule has 0 aliphatic rings. The summed E-state index contributed by atoms with van der Waals surface area (Å²) < 4.78 is 46.9. The smallest absolute Gasteiger partial charge is 0.444 e. The number of rotatable bonds is 6. The molecule has 0 aliphatic heterocycles. The number of anilines is 2. The van der Waals surface area contributed by atoms with E-state index in [1.807, 2.05) is 0 Å². The van der Waals surface area contributed by atoms with E-state index in [2.05, 4.69) is 31.3 Å². The lowest BCUT2D eigenvalue weighted by molar-refractivity contribution is -0.274. The minimum absolute atomic E-state index is 0.0836. The maximum Gasteiger partial charge on any atom is 0.573 e. The second-order valence-electron chi connectivity index (χ2n) is 6.02. The number of furan rings is 1. The zero-order chi connectivity index (χ0) is 21.7. The molecule has 156 valence electrons. The fraction of sp³-hybridized carbons (Fsp3) is 0.100. The first-order valence-corrected chi connectivity index (χ1v) is 9.29. The third kappa shape index (κ3) is 6.11. The molecule has 1 heterocycles. The van der Waals surface area contributed by atoms with Gasteiger partial charge < -0.3 is 19.8 Å². The lowest BCUT2D eigenvalue weighted by Crippen LogP contribution is -2.20. The van der Waals surface area contributed by atoms with Gasteiger partial charge in [0.05, 0.1) is 12.1 Å². The van der Waals surface area contributed by atoms with Crippen molar-refractivity contribution in [1.29, 1.82) is 0 Å². The Balaban J connectivity index is 1.59. The molecule has 0 saturated heterocycles. The zero-order valence-electron chi connectivity index (χ0n) is 15.1. The van der Waals surface area contributed by atoms with Gasteiger partial charge in [-0.2, -0.15) is 0 Å². The van der Waals surface area contributed by atoms with Crippen LogP contribution in [-0.2, 0) is 11.2 Å². The van der Waals surface area contributed by atoms with Crippen molar-refractivity contribution in [1.82, 2.24) is 0 Å². The Morgan fingerprint density at radius 1 is 0.967 bits per heavy atom. The van der Waals surface area contributed by atoms with E-state index in [1.165, 1.54) is 24.3 Å². The molecular weight excluding hydrogens is 469 g/mol. The molecular formula is C20H14BrF3N2O4. The van der Waals surface area contributed by atoms with Crippen molar-refractivity contribution in [3.05, 3.63) is 76.7 Å². The van der Waals surface area contributed by atoms with Gasteiger partial charge in [0.2, 0.25) is 5.91 Å². The van der Waals surface area contributed by atoms with Crippen molar-refractivity contribution >= 4 is 39.1 Å². The van der Waals surface area contributed by atoms with Crippen molar-refractivity contribution in [2.75, 3.05) is 10.6 Å². The van der Waals surface area contributed by atoms with Crippen LogP contribution in [0, 0.1) is 0 Å². The molecule has 0 spiro atoms. The van der Waals surface area contributed by atoms with Crippen LogP contribution in [0.2, 0.25) is 0 Å². The molecule has 3 aromatic rings. The first-order chi connectivity index (χ1) is 14.2. The first-order valence-electron chi connectivity index (χ1n) is 8.50. The quantitative estimate of drug-likeness (QED) is 0.494. The van der Waals surface area contributed by atoms with Gasteiger partial charge in [-0.25, -0.2) is 0 Å². The molecule has 10 heteroatoms. The average molecular weight is 483 g/mol. The van der Waals surface area contributed by atoms with Gasteiger partial charge in [0.25, 0.3) is 5.91 Å². The number of halogens is 4. The highest BCUT2D eigenvalue weighted by Crippen LogP contribution is 2.30. The van der Waals surface area contributed by atoms with Gasteiger partial charge >= 0.3 is 6.36 Å². The lowest BCUT2D eigenvalue weighted by Gasteiger charge is -2.14.